The van der Waals surface area contributed by atoms with Crippen molar-refractivity contribution in [1.82, 2.24) is 4.90 Å². The van der Waals surface area contributed by atoms with Crippen molar-refractivity contribution in [2.24, 2.45) is 0 Å². The lowest BCUT2D eigenvalue weighted by molar-refractivity contribution is 0.239. The summed E-state index contributed by atoms with van der Waals surface area (Å²) in [6.45, 7) is 4.00. The van der Waals surface area contributed by atoms with Crippen molar-refractivity contribution in [1.29, 1.82) is 0 Å². The number of benzene rings is 3. The summed E-state index contributed by atoms with van der Waals surface area (Å²) in [7, 11) is 0. The van der Waals surface area contributed by atoms with Crippen LogP contribution in [0.5, 0.6) is 0 Å². The van der Waals surface area contributed by atoms with Gasteiger partial charge in [-0.05, 0) is 48.9 Å². The summed E-state index contributed by atoms with van der Waals surface area (Å²) in [4.78, 5) is 19.4. The van der Waals surface area contributed by atoms with Crippen molar-refractivity contribution in [3.8, 4) is 0 Å². The van der Waals surface area contributed by atoms with E-state index in [1.807, 2.05) is 44.2 Å². The molecule has 6 heteroatoms. The Morgan fingerprint density at radius 2 is 1.27 bits per heavy atom. The molecule has 0 atom stereocenters. The summed E-state index contributed by atoms with van der Waals surface area (Å²) in [6.07, 6.45) is 0. The average Bonchev–Trinajstić information content (AvgIpc) is 3.38. The van der Waals surface area contributed by atoms with Gasteiger partial charge in [0.25, 0.3) is 5.24 Å². The first-order valence-electron chi connectivity index (χ1n) is 10.7. The molecule has 2 aliphatic heterocycles. The zero-order chi connectivity index (χ0) is 22.9. The number of nitrogens with zero attached hydrogens (tertiary/aromatic N) is 2. The lowest BCUT2D eigenvalue weighted by Gasteiger charge is -2.25. The summed E-state index contributed by atoms with van der Waals surface area (Å²) >= 11 is 8.75. The second kappa shape index (κ2) is 9.21. The van der Waals surface area contributed by atoms with Crippen molar-refractivity contribution in [2.45, 2.75) is 19.9 Å². The molecule has 0 N–H and O–H groups in total. The van der Waals surface area contributed by atoms with Crippen LogP contribution in [0.15, 0.2) is 101 Å². The number of para-hydroxylation sites is 1. The Balaban J connectivity index is 1.77. The van der Waals surface area contributed by atoms with E-state index < -0.39 is 0 Å². The molecule has 33 heavy (non-hydrogen) atoms. The van der Waals surface area contributed by atoms with Crippen molar-refractivity contribution < 1.29 is 4.79 Å². The first kappa shape index (κ1) is 22.0. The van der Waals surface area contributed by atoms with Crippen LogP contribution in [0, 0.1) is 0 Å². The fourth-order valence-corrected chi connectivity index (χ4v) is 7.02. The van der Waals surface area contributed by atoms with Gasteiger partial charge in [0, 0.05) is 16.6 Å². The van der Waals surface area contributed by atoms with E-state index in [0.29, 0.717) is 4.99 Å². The maximum Gasteiger partial charge on any atom is 0.291 e. The van der Waals surface area contributed by atoms with Gasteiger partial charge in [-0.15, -0.1) is 0 Å². The van der Waals surface area contributed by atoms with Crippen molar-refractivity contribution in [3.05, 3.63) is 112 Å². The highest BCUT2D eigenvalue weighted by Gasteiger charge is 2.41. The number of amides is 1. The quantitative estimate of drug-likeness (QED) is 0.276. The second-order valence-electron chi connectivity index (χ2n) is 7.95. The predicted molar refractivity (Wildman–Crippen MR) is 146 cm³/mol. The molecule has 0 aromatic heterocycles. The minimum Gasteiger partial charge on any atom is -0.302 e. The molecule has 2 aliphatic rings. The third-order valence-corrected chi connectivity index (χ3v) is 8.28. The fraction of sp³-hybridized carbons (Fsp3) is 0.111. The van der Waals surface area contributed by atoms with E-state index in [1.165, 1.54) is 11.8 Å². The van der Waals surface area contributed by atoms with Gasteiger partial charge in [0.1, 0.15) is 10.0 Å². The van der Waals surface area contributed by atoms with Gasteiger partial charge in [-0.1, -0.05) is 103 Å². The second-order valence-corrected chi connectivity index (χ2v) is 10.3. The number of rotatable bonds is 4. The van der Waals surface area contributed by atoms with Crippen molar-refractivity contribution in [3.63, 3.8) is 0 Å². The Labute approximate surface area is 208 Å². The van der Waals surface area contributed by atoms with Gasteiger partial charge in [-0.3, -0.25) is 9.69 Å². The van der Waals surface area contributed by atoms with Gasteiger partial charge in [0.2, 0.25) is 0 Å². The molecule has 0 spiro atoms. The maximum absolute atomic E-state index is 12.9. The van der Waals surface area contributed by atoms with E-state index in [-0.39, 0.29) is 11.3 Å². The van der Waals surface area contributed by atoms with Gasteiger partial charge in [0.15, 0.2) is 0 Å². The van der Waals surface area contributed by atoms with Crippen LogP contribution in [0.3, 0.4) is 0 Å². The van der Waals surface area contributed by atoms with E-state index in [1.54, 1.807) is 16.7 Å². The highest BCUT2D eigenvalue weighted by molar-refractivity contribution is 8.20. The third-order valence-electron chi connectivity index (χ3n) is 5.45. The van der Waals surface area contributed by atoms with Crippen LogP contribution >= 0.6 is 35.7 Å². The zero-order valence-electron chi connectivity index (χ0n) is 18.3. The average molecular weight is 487 g/mol. The zero-order valence-corrected chi connectivity index (χ0v) is 20.7. The first-order valence-corrected chi connectivity index (χ1v) is 12.8. The van der Waals surface area contributed by atoms with E-state index >= 15 is 0 Å². The van der Waals surface area contributed by atoms with Crippen LogP contribution in [-0.2, 0) is 0 Å². The largest absolute Gasteiger partial charge is 0.302 e. The van der Waals surface area contributed by atoms with Crippen LogP contribution in [0.25, 0.3) is 10.6 Å². The molecule has 1 saturated heterocycles. The van der Waals surface area contributed by atoms with E-state index in [0.717, 1.165) is 37.4 Å². The standard InChI is InChI=1S/C27H22N2OS3/c1-18(2)28-25(31)24(33-27(28)30)26-29(21-16-10-5-11-17-21)22(19-12-6-3-7-13-19)23(32-26)20-14-8-4-9-15-20/h3-18H,1-2H3/b26-24-. The summed E-state index contributed by atoms with van der Waals surface area (Å²) in [5.74, 6) is 0. The Morgan fingerprint density at radius 1 is 0.727 bits per heavy atom. The van der Waals surface area contributed by atoms with Crippen molar-refractivity contribution in [2.75, 3.05) is 4.90 Å². The van der Waals surface area contributed by atoms with Crippen LogP contribution < -0.4 is 4.90 Å². The number of hydrogen-bond donors (Lipinski definition) is 0. The smallest absolute Gasteiger partial charge is 0.291 e. The number of anilines is 1. The van der Waals surface area contributed by atoms with Crippen LogP contribution in [0.2, 0.25) is 0 Å². The summed E-state index contributed by atoms with van der Waals surface area (Å²) in [5, 5.41) is 0.964. The normalized spacial score (nSPS) is 18.8. The number of thioether (sulfide) groups is 2. The molecule has 0 unspecified atom stereocenters. The summed E-state index contributed by atoms with van der Waals surface area (Å²) in [6, 6.07) is 31.1. The highest BCUT2D eigenvalue weighted by Crippen LogP contribution is 2.55. The topological polar surface area (TPSA) is 23.6 Å². The molecule has 0 radical (unpaired) electrons. The van der Waals surface area contributed by atoms with E-state index in [9.17, 15) is 4.79 Å². The molecule has 3 aromatic rings. The lowest BCUT2D eigenvalue weighted by Crippen LogP contribution is -2.34. The molecule has 0 saturated carbocycles. The predicted octanol–water partition coefficient (Wildman–Crippen LogP) is 7.84. The molecular formula is C27H22N2OS3. The van der Waals surface area contributed by atoms with Gasteiger partial charge in [0.05, 0.1) is 10.6 Å². The van der Waals surface area contributed by atoms with Gasteiger partial charge in [-0.2, -0.15) is 0 Å². The monoisotopic (exact) mass is 486 g/mol. The molecule has 0 aliphatic carbocycles. The Kier molecular flexibility index (Phi) is 6.15. The summed E-state index contributed by atoms with van der Waals surface area (Å²) in [5.41, 5.74) is 4.39. The molecule has 3 nitrogen and oxygen atoms in total. The van der Waals surface area contributed by atoms with E-state index in [2.05, 4.69) is 65.6 Å². The molecule has 164 valence electrons. The number of hydrogen-bond acceptors (Lipinski definition) is 5. The van der Waals surface area contributed by atoms with Crippen LogP contribution in [-0.4, -0.2) is 21.2 Å². The highest BCUT2D eigenvalue weighted by atomic mass is 32.2. The minimum absolute atomic E-state index is 0.0134. The minimum atomic E-state index is -0.0134. The molecule has 0 bridgehead atoms. The van der Waals surface area contributed by atoms with E-state index in [4.69, 9.17) is 12.2 Å². The van der Waals surface area contributed by atoms with Crippen molar-refractivity contribution >= 4 is 62.3 Å². The molecule has 1 amide bonds. The molecule has 3 aromatic carbocycles. The number of carbonyl (C=O) groups excluding carboxylic acids is 1. The Morgan fingerprint density at radius 3 is 1.82 bits per heavy atom. The maximum atomic E-state index is 12.9. The molecular weight excluding hydrogens is 465 g/mol. The van der Waals surface area contributed by atoms with Gasteiger partial charge in [-0.25, -0.2) is 0 Å². The fourth-order valence-electron chi connectivity index (χ4n) is 3.96. The number of thiocarbonyl (C=S) groups is 1. The SMILES string of the molecule is CC(C)N1C(=O)S/C(=C2\SC(c3ccccc3)=C(c3ccccc3)N2c2ccccc2)C1=S. The first-order chi connectivity index (χ1) is 16.1. The lowest BCUT2D eigenvalue weighted by atomic mass is 10.1. The Hall–Kier alpha value is -2.80. The third kappa shape index (κ3) is 4.03. The van der Waals surface area contributed by atoms with Crippen LogP contribution in [0.1, 0.15) is 25.0 Å². The molecule has 1 fully saturated rings. The Bertz CT molecular complexity index is 1270. The van der Waals surface area contributed by atoms with Crippen LogP contribution in [0.4, 0.5) is 10.5 Å². The molecule has 2 heterocycles. The number of carbonyl (C=O) groups is 1. The molecule has 5 rings (SSSR count). The van der Waals surface area contributed by atoms with Gasteiger partial charge >= 0.3 is 0 Å². The summed E-state index contributed by atoms with van der Waals surface area (Å²) < 4.78 is 0. The van der Waals surface area contributed by atoms with Gasteiger partial charge < -0.3 is 4.90 Å².